The van der Waals surface area contributed by atoms with E-state index in [0.717, 1.165) is 12.1 Å². The normalized spacial score (nSPS) is 10.5. The van der Waals surface area contributed by atoms with E-state index >= 15 is 0 Å². The van der Waals surface area contributed by atoms with Gasteiger partial charge in [0, 0.05) is 0 Å². The van der Waals surface area contributed by atoms with E-state index in [2.05, 4.69) is 0 Å². The van der Waals surface area contributed by atoms with Gasteiger partial charge in [-0.2, -0.15) is 0 Å². The van der Waals surface area contributed by atoms with Gasteiger partial charge in [-0.15, -0.1) is 0 Å². The summed E-state index contributed by atoms with van der Waals surface area (Å²) in [6, 6.07) is 6.58. The van der Waals surface area contributed by atoms with Crippen LogP contribution in [0.15, 0.2) is 30.3 Å². The molecule has 0 radical (unpaired) electrons. The number of aromatic carboxylic acids is 1. The van der Waals surface area contributed by atoms with Gasteiger partial charge < -0.3 is 9.84 Å². The fourth-order valence-electron chi connectivity index (χ4n) is 2.09. The molecule has 1 N–H and O–H groups in total. The first-order chi connectivity index (χ1) is 9.88. The molecule has 0 spiro atoms. The molecule has 0 amide bonds. The van der Waals surface area contributed by atoms with Crippen LogP contribution in [0.3, 0.4) is 0 Å². The van der Waals surface area contributed by atoms with Gasteiger partial charge in [0.25, 0.3) is 0 Å². The number of halogens is 2. The van der Waals surface area contributed by atoms with E-state index in [1.54, 1.807) is 13.8 Å². The van der Waals surface area contributed by atoms with E-state index in [4.69, 9.17) is 9.84 Å². The molecule has 0 aliphatic carbocycles. The van der Waals surface area contributed by atoms with E-state index < -0.39 is 17.6 Å². The Balaban J connectivity index is 2.20. The first-order valence-corrected chi connectivity index (χ1v) is 6.29. The van der Waals surface area contributed by atoms with Crippen LogP contribution in [0.1, 0.15) is 27.0 Å². The van der Waals surface area contributed by atoms with Gasteiger partial charge in [0.1, 0.15) is 12.4 Å². The molecule has 0 atom stereocenters. The fraction of sp³-hybridized carbons (Fsp3) is 0.188. The van der Waals surface area contributed by atoms with Crippen LogP contribution in [0.2, 0.25) is 0 Å². The molecule has 5 heteroatoms. The zero-order valence-electron chi connectivity index (χ0n) is 11.6. The van der Waals surface area contributed by atoms with E-state index in [9.17, 15) is 13.6 Å². The molecule has 0 unspecified atom stereocenters. The van der Waals surface area contributed by atoms with Crippen molar-refractivity contribution in [3.05, 3.63) is 64.2 Å². The molecule has 2 rings (SSSR count). The van der Waals surface area contributed by atoms with Gasteiger partial charge in [-0.25, -0.2) is 13.6 Å². The molecule has 21 heavy (non-hydrogen) atoms. The average molecular weight is 292 g/mol. The monoisotopic (exact) mass is 292 g/mol. The Hall–Kier alpha value is -2.43. The van der Waals surface area contributed by atoms with Gasteiger partial charge in [-0.05, 0) is 54.8 Å². The summed E-state index contributed by atoms with van der Waals surface area (Å²) < 4.78 is 31.5. The lowest BCUT2D eigenvalue weighted by atomic mass is 10.1. The van der Waals surface area contributed by atoms with Crippen LogP contribution in [-0.4, -0.2) is 11.1 Å². The highest BCUT2D eigenvalue weighted by atomic mass is 19.2. The van der Waals surface area contributed by atoms with Gasteiger partial charge in [0.2, 0.25) is 0 Å². The maximum Gasteiger partial charge on any atom is 0.335 e. The van der Waals surface area contributed by atoms with E-state index in [1.165, 1.54) is 18.2 Å². The van der Waals surface area contributed by atoms with Crippen molar-refractivity contribution in [3.63, 3.8) is 0 Å². The first-order valence-electron chi connectivity index (χ1n) is 6.29. The van der Waals surface area contributed by atoms with Crippen molar-refractivity contribution in [2.24, 2.45) is 0 Å². The molecule has 0 bridgehead atoms. The van der Waals surface area contributed by atoms with Crippen LogP contribution in [-0.2, 0) is 6.61 Å². The minimum Gasteiger partial charge on any atom is -0.488 e. The topological polar surface area (TPSA) is 46.5 Å². The number of benzene rings is 2. The van der Waals surface area contributed by atoms with E-state index in [0.29, 0.717) is 22.4 Å². The Morgan fingerprint density at radius 1 is 1.10 bits per heavy atom. The number of rotatable bonds is 4. The molecule has 0 aromatic heterocycles. The molecule has 3 nitrogen and oxygen atoms in total. The first kappa shape index (κ1) is 15.0. The van der Waals surface area contributed by atoms with Gasteiger partial charge in [-0.3, -0.25) is 0 Å². The van der Waals surface area contributed by atoms with Gasteiger partial charge in [0.15, 0.2) is 11.6 Å². The predicted molar refractivity (Wildman–Crippen MR) is 73.6 cm³/mol. The maximum absolute atomic E-state index is 13.1. The van der Waals surface area contributed by atoms with Crippen molar-refractivity contribution in [1.29, 1.82) is 0 Å². The van der Waals surface area contributed by atoms with Crippen LogP contribution in [0, 0.1) is 25.5 Å². The fourth-order valence-corrected chi connectivity index (χ4v) is 2.09. The molecule has 0 aliphatic heterocycles. The molecule has 0 saturated heterocycles. The standard InChI is InChI=1S/C16H14F2O3/c1-9-5-12(16(19)20)6-10(2)15(9)21-8-11-3-4-13(17)14(18)7-11/h3-7H,8H2,1-2H3,(H,19,20). The lowest BCUT2D eigenvalue weighted by molar-refractivity contribution is 0.0696. The number of carbonyl (C=O) groups is 1. The van der Waals surface area contributed by atoms with Crippen LogP contribution in [0.25, 0.3) is 0 Å². The average Bonchev–Trinajstić information content (AvgIpc) is 2.41. The Kier molecular flexibility index (Phi) is 4.21. The van der Waals surface area contributed by atoms with E-state index in [1.807, 2.05) is 0 Å². The van der Waals surface area contributed by atoms with Crippen LogP contribution < -0.4 is 4.74 Å². The van der Waals surface area contributed by atoms with Crippen molar-refractivity contribution < 1.29 is 23.4 Å². The third kappa shape index (κ3) is 3.37. The van der Waals surface area contributed by atoms with Crippen LogP contribution in [0.5, 0.6) is 5.75 Å². The van der Waals surface area contributed by atoms with Crippen molar-refractivity contribution in [3.8, 4) is 5.75 Å². The smallest absolute Gasteiger partial charge is 0.335 e. The van der Waals surface area contributed by atoms with Crippen molar-refractivity contribution in [2.45, 2.75) is 20.5 Å². The lowest BCUT2D eigenvalue weighted by Gasteiger charge is -2.13. The number of aryl methyl sites for hydroxylation is 2. The van der Waals surface area contributed by atoms with Crippen LogP contribution in [0.4, 0.5) is 8.78 Å². The summed E-state index contributed by atoms with van der Waals surface area (Å²) in [5, 5.41) is 8.97. The number of carboxylic acid groups (broad SMARTS) is 1. The van der Waals surface area contributed by atoms with Crippen molar-refractivity contribution in [2.75, 3.05) is 0 Å². The van der Waals surface area contributed by atoms with Gasteiger partial charge in [0.05, 0.1) is 5.56 Å². The highest BCUT2D eigenvalue weighted by molar-refractivity contribution is 5.88. The number of carboxylic acids is 1. The molecule has 0 heterocycles. The second-order valence-electron chi connectivity index (χ2n) is 4.78. The molecule has 0 aliphatic rings. The lowest BCUT2D eigenvalue weighted by Crippen LogP contribution is -2.03. The second kappa shape index (κ2) is 5.91. The molecule has 0 saturated carbocycles. The zero-order valence-corrected chi connectivity index (χ0v) is 11.6. The quantitative estimate of drug-likeness (QED) is 0.930. The van der Waals surface area contributed by atoms with E-state index in [-0.39, 0.29) is 12.2 Å². The van der Waals surface area contributed by atoms with Crippen LogP contribution >= 0.6 is 0 Å². The summed E-state index contributed by atoms with van der Waals surface area (Å²) in [7, 11) is 0. The highest BCUT2D eigenvalue weighted by Gasteiger charge is 2.11. The SMILES string of the molecule is Cc1cc(C(=O)O)cc(C)c1OCc1ccc(F)c(F)c1. The third-order valence-corrected chi connectivity index (χ3v) is 3.07. The summed E-state index contributed by atoms with van der Waals surface area (Å²) in [5.74, 6) is -2.29. The van der Waals surface area contributed by atoms with Crippen molar-refractivity contribution >= 4 is 5.97 Å². The minimum atomic E-state index is -1.01. The molecule has 110 valence electrons. The molecule has 2 aromatic rings. The number of hydrogen-bond acceptors (Lipinski definition) is 2. The second-order valence-corrected chi connectivity index (χ2v) is 4.78. The largest absolute Gasteiger partial charge is 0.488 e. The summed E-state index contributed by atoms with van der Waals surface area (Å²) in [6.45, 7) is 3.55. The summed E-state index contributed by atoms with van der Waals surface area (Å²) in [4.78, 5) is 10.9. The number of ether oxygens (including phenoxy) is 1. The zero-order chi connectivity index (χ0) is 15.6. The minimum absolute atomic E-state index is 0.0747. The highest BCUT2D eigenvalue weighted by Crippen LogP contribution is 2.26. The Bertz CT molecular complexity index is 673. The summed E-state index contributed by atoms with van der Waals surface area (Å²) >= 11 is 0. The Morgan fingerprint density at radius 2 is 1.71 bits per heavy atom. The Labute approximate surface area is 120 Å². The Morgan fingerprint density at radius 3 is 2.24 bits per heavy atom. The molecular weight excluding hydrogens is 278 g/mol. The molecule has 2 aromatic carbocycles. The maximum atomic E-state index is 13.1. The summed E-state index contributed by atoms with van der Waals surface area (Å²) in [5.41, 5.74) is 2.03. The summed E-state index contributed by atoms with van der Waals surface area (Å²) in [6.07, 6.45) is 0. The molecular formula is C16H14F2O3. The number of hydrogen-bond donors (Lipinski definition) is 1. The molecule has 0 fully saturated rings. The van der Waals surface area contributed by atoms with Gasteiger partial charge >= 0.3 is 5.97 Å². The van der Waals surface area contributed by atoms with Gasteiger partial charge in [-0.1, -0.05) is 6.07 Å². The predicted octanol–water partition coefficient (Wildman–Crippen LogP) is 3.86. The van der Waals surface area contributed by atoms with Crippen molar-refractivity contribution in [1.82, 2.24) is 0 Å². The third-order valence-electron chi connectivity index (χ3n) is 3.07.